The summed E-state index contributed by atoms with van der Waals surface area (Å²) in [7, 11) is 0. The highest BCUT2D eigenvalue weighted by molar-refractivity contribution is 7.13. The molecule has 0 atom stereocenters. The zero-order chi connectivity index (χ0) is 10.8. The van der Waals surface area contributed by atoms with Gasteiger partial charge in [-0.1, -0.05) is 13.8 Å². The van der Waals surface area contributed by atoms with Gasteiger partial charge in [0.05, 0.1) is 5.69 Å². The summed E-state index contributed by atoms with van der Waals surface area (Å²) in [5.41, 5.74) is 6.77. The summed E-state index contributed by atoms with van der Waals surface area (Å²) < 4.78 is 0. The molecule has 0 spiro atoms. The average Bonchev–Trinajstić information content (AvgIpc) is 2.90. The first-order chi connectivity index (χ1) is 7.15. The summed E-state index contributed by atoms with van der Waals surface area (Å²) in [5.74, 6) is 0.724. The second-order valence-corrected chi connectivity index (χ2v) is 5.62. The topological polar surface area (TPSA) is 42.1 Å². The van der Waals surface area contributed by atoms with Gasteiger partial charge in [0.15, 0.2) is 5.13 Å². The van der Waals surface area contributed by atoms with Crippen LogP contribution < -0.4 is 5.73 Å². The van der Waals surface area contributed by atoms with Gasteiger partial charge < -0.3 is 5.73 Å². The molecule has 3 nitrogen and oxygen atoms in total. The van der Waals surface area contributed by atoms with Crippen molar-refractivity contribution in [3.05, 3.63) is 11.1 Å². The summed E-state index contributed by atoms with van der Waals surface area (Å²) >= 11 is 1.54. The van der Waals surface area contributed by atoms with Crippen LogP contribution in [0.4, 0.5) is 5.13 Å². The Morgan fingerprint density at radius 3 is 2.80 bits per heavy atom. The second kappa shape index (κ2) is 4.49. The lowest BCUT2D eigenvalue weighted by atomic mass is 10.2. The van der Waals surface area contributed by atoms with Crippen LogP contribution in [0.1, 0.15) is 32.4 Å². The van der Waals surface area contributed by atoms with E-state index in [1.165, 1.54) is 30.7 Å². The molecule has 1 aromatic heterocycles. The van der Waals surface area contributed by atoms with E-state index in [4.69, 9.17) is 5.73 Å². The van der Waals surface area contributed by atoms with Crippen molar-refractivity contribution in [3.8, 4) is 0 Å². The van der Waals surface area contributed by atoms with E-state index in [-0.39, 0.29) is 0 Å². The van der Waals surface area contributed by atoms with Crippen LogP contribution in [0.2, 0.25) is 0 Å². The fourth-order valence-electron chi connectivity index (χ4n) is 1.85. The molecule has 15 heavy (non-hydrogen) atoms. The number of nitrogens with two attached hydrogens (primary N) is 1. The first-order valence-electron chi connectivity index (χ1n) is 5.59. The van der Waals surface area contributed by atoms with Crippen molar-refractivity contribution in [1.29, 1.82) is 0 Å². The van der Waals surface area contributed by atoms with E-state index in [1.807, 2.05) is 0 Å². The molecule has 2 rings (SSSR count). The smallest absolute Gasteiger partial charge is 0.180 e. The van der Waals surface area contributed by atoms with E-state index in [2.05, 4.69) is 29.1 Å². The lowest BCUT2D eigenvalue weighted by molar-refractivity contribution is 0.224. The van der Waals surface area contributed by atoms with Gasteiger partial charge in [-0.2, -0.15) is 0 Å². The predicted molar refractivity (Wildman–Crippen MR) is 64.8 cm³/mol. The van der Waals surface area contributed by atoms with Crippen LogP contribution in [0.5, 0.6) is 0 Å². The fraction of sp³-hybridized carbons (Fsp3) is 0.727. The van der Waals surface area contributed by atoms with Gasteiger partial charge in [0, 0.05) is 24.5 Å². The molecule has 4 heteroatoms. The summed E-state index contributed by atoms with van der Waals surface area (Å²) in [4.78, 5) is 6.86. The number of nitrogens with zero attached hydrogens (tertiary/aromatic N) is 2. The van der Waals surface area contributed by atoms with Crippen molar-refractivity contribution >= 4 is 16.5 Å². The van der Waals surface area contributed by atoms with Gasteiger partial charge in [0.25, 0.3) is 0 Å². The molecule has 0 aliphatic heterocycles. The van der Waals surface area contributed by atoms with E-state index >= 15 is 0 Å². The van der Waals surface area contributed by atoms with E-state index in [1.54, 1.807) is 0 Å². The van der Waals surface area contributed by atoms with Crippen LogP contribution in [0.3, 0.4) is 0 Å². The summed E-state index contributed by atoms with van der Waals surface area (Å²) in [6, 6.07) is 0.801. The normalized spacial score (nSPS) is 16.5. The molecule has 0 amide bonds. The number of nitrogen functional groups attached to an aromatic ring is 1. The van der Waals surface area contributed by atoms with Crippen molar-refractivity contribution in [2.75, 3.05) is 12.3 Å². The highest BCUT2D eigenvalue weighted by Gasteiger charge is 2.29. The lowest BCUT2D eigenvalue weighted by Crippen LogP contribution is -2.29. The minimum absolute atomic E-state index is 0.685. The fourth-order valence-corrected chi connectivity index (χ4v) is 2.41. The van der Waals surface area contributed by atoms with E-state index in [0.29, 0.717) is 5.13 Å². The Morgan fingerprint density at radius 1 is 1.60 bits per heavy atom. The Balaban J connectivity index is 1.94. The largest absolute Gasteiger partial charge is 0.375 e. The van der Waals surface area contributed by atoms with Crippen molar-refractivity contribution in [2.45, 2.75) is 39.3 Å². The summed E-state index contributed by atoms with van der Waals surface area (Å²) in [6.07, 6.45) is 2.71. The predicted octanol–water partition coefficient (Wildman–Crippen LogP) is 2.35. The number of aromatic nitrogens is 1. The molecule has 1 saturated carbocycles. The molecule has 1 fully saturated rings. The maximum atomic E-state index is 5.64. The van der Waals surface area contributed by atoms with E-state index in [9.17, 15) is 0 Å². The molecule has 0 bridgehead atoms. The lowest BCUT2D eigenvalue weighted by Gasteiger charge is -2.22. The number of anilines is 1. The van der Waals surface area contributed by atoms with Crippen molar-refractivity contribution in [3.63, 3.8) is 0 Å². The van der Waals surface area contributed by atoms with E-state index < -0.39 is 0 Å². The number of hydrogen-bond acceptors (Lipinski definition) is 4. The SMILES string of the molecule is CC(C)CN(Cc1csc(N)n1)C1CC1. The van der Waals surface area contributed by atoms with Gasteiger partial charge in [0.1, 0.15) is 0 Å². The Hall–Kier alpha value is -0.610. The summed E-state index contributed by atoms with van der Waals surface area (Å²) in [5, 5.41) is 2.76. The third-order valence-electron chi connectivity index (χ3n) is 2.60. The van der Waals surface area contributed by atoms with Gasteiger partial charge in [-0.3, -0.25) is 4.90 Å². The van der Waals surface area contributed by atoms with Crippen LogP contribution in [0.25, 0.3) is 0 Å². The van der Waals surface area contributed by atoms with Gasteiger partial charge in [-0.15, -0.1) is 11.3 Å². The van der Waals surface area contributed by atoms with Gasteiger partial charge >= 0.3 is 0 Å². The molecule has 84 valence electrons. The number of rotatable bonds is 5. The van der Waals surface area contributed by atoms with Crippen LogP contribution in [0, 0.1) is 5.92 Å². The Labute approximate surface area is 95.3 Å². The molecule has 1 heterocycles. The van der Waals surface area contributed by atoms with Crippen molar-refractivity contribution in [2.24, 2.45) is 5.92 Å². The quantitative estimate of drug-likeness (QED) is 0.836. The Morgan fingerprint density at radius 2 is 2.33 bits per heavy atom. The molecular formula is C11H19N3S. The highest BCUT2D eigenvalue weighted by atomic mass is 32.1. The zero-order valence-electron chi connectivity index (χ0n) is 9.44. The van der Waals surface area contributed by atoms with Gasteiger partial charge in [-0.05, 0) is 18.8 Å². The molecule has 1 aliphatic rings. The van der Waals surface area contributed by atoms with Crippen LogP contribution >= 0.6 is 11.3 Å². The molecule has 0 unspecified atom stereocenters. The van der Waals surface area contributed by atoms with Crippen molar-refractivity contribution in [1.82, 2.24) is 9.88 Å². The molecule has 1 aliphatic carbocycles. The zero-order valence-corrected chi connectivity index (χ0v) is 10.3. The monoisotopic (exact) mass is 225 g/mol. The number of thiazole rings is 1. The standard InChI is InChI=1S/C11H19N3S/c1-8(2)5-14(10-3-4-10)6-9-7-15-11(12)13-9/h7-8,10H,3-6H2,1-2H3,(H2,12,13). The molecule has 0 saturated heterocycles. The maximum absolute atomic E-state index is 5.64. The van der Waals surface area contributed by atoms with E-state index in [0.717, 1.165) is 24.2 Å². The maximum Gasteiger partial charge on any atom is 0.180 e. The summed E-state index contributed by atoms with van der Waals surface area (Å²) in [6.45, 7) is 6.67. The van der Waals surface area contributed by atoms with Gasteiger partial charge in [0.2, 0.25) is 0 Å². The average molecular weight is 225 g/mol. The van der Waals surface area contributed by atoms with Crippen molar-refractivity contribution < 1.29 is 0 Å². The van der Waals surface area contributed by atoms with Gasteiger partial charge in [-0.25, -0.2) is 4.98 Å². The molecule has 1 aromatic rings. The third-order valence-corrected chi connectivity index (χ3v) is 3.32. The van der Waals surface area contributed by atoms with Crippen LogP contribution in [-0.4, -0.2) is 22.5 Å². The molecule has 0 radical (unpaired) electrons. The first kappa shape index (κ1) is 10.9. The molecule has 2 N–H and O–H groups in total. The number of hydrogen-bond donors (Lipinski definition) is 1. The minimum atomic E-state index is 0.685. The highest BCUT2D eigenvalue weighted by Crippen LogP contribution is 2.29. The Kier molecular flexibility index (Phi) is 3.26. The third kappa shape index (κ3) is 3.18. The van der Waals surface area contributed by atoms with Crippen LogP contribution in [-0.2, 0) is 6.54 Å². The molecule has 0 aromatic carbocycles. The van der Waals surface area contributed by atoms with Crippen LogP contribution in [0.15, 0.2) is 5.38 Å². The Bertz CT molecular complexity index is 317. The first-order valence-corrected chi connectivity index (χ1v) is 6.47. The minimum Gasteiger partial charge on any atom is -0.375 e. The molecular weight excluding hydrogens is 206 g/mol. The second-order valence-electron chi connectivity index (χ2n) is 4.73.